The lowest BCUT2D eigenvalue weighted by atomic mass is 10.2. The van der Waals surface area contributed by atoms with Crippen LogP contribution in [-0.2, 0) is 6.54 Å². The van der Waals surface area contributed by atoms with Gasteiger partial charge in [-0.25, -0.2) is 15.0 Å². The maximum absolute atomic E-state index is 4.89. The molecule has 1 atom stereocenters. The fourth-order valence-electron chi connectivity index (χ4n) is 4.21. The number of imidazole rings is 1. The van der Waals surface area contributed by atoms with Crippen molar-refractivity contribution in [1.29, 1.82) is 0 Å². The number of rotatable bonds is 7. The summed E-state index contributed by atoms with van der Waals surface area (Å²) in [5.74, 6) is 1.56. The lowest BCUT2D eigenvalue weighted by molar-refractivity contribution is 0.123. The van der Waals surface area contributed by atoms with Gasteiger partial charge in [-0.1, -0.05) is 18.2 Å². The van der Waals surface area contributed by atoms with Crippen LogP contribution in [0.4, 0.5) is 11.6 Å². The molecule has 0 saturated carbocycles. The van der Waals surface area contributed by atoms with Crippen molar-refractivity contribution in [3.8, 4) is 0 Å². The van der Waals surface area contributed by atoms with E-state index in [9.17, 15) is 0 Å². The zero-order chi connectivity index (χ0) is 21.9. The van der Waals surface area contributed by atoms with E-state index in [0.29, 0.717) is 12.6 Å². The minimum Gasteiger partial charge on any atom is -0.365 e. The molecule has 8 nitrogen and oxygen atoms in total. The summed E-state index contributed by atoms with van der Waals surface area (Å²) in [5.41, 5.74) is 3.84. The van der Waals surface area contributed by atoms with Crippen LogP contribution < -0.4 is 10.6 Å². The van der Waals surface area contributed by atoms with Gasteiger partial charge in [0.1, 0.15) is 5.65 Å². The van der Waals surface area contributed by atoms with Crippen LogP contribution in [0.3, 0.4) is 0 Å². The first kappa shape index (κ1) is 20.7. The third-order valence-corrected chi connectivity index (χ3v) is 6.24. The number of likely N-dealkylation sites (N-methyl/N-ethyl adjacent to an activating group) is 1. The van der Waals surface area contributed by atoms with E-state index in [0.717, 1.165) is 66.6 Å². The van der Waals surface area contributed by atoms with Crippen molar-refractivity contribution < 1.29 is 0 Å². The highest BCUT2D eigenvalue weighted by Gasteiger charge is 2.19. The number of aromatic nitrogens is 4. The van der Waals surface area contributed by atoms with E-state index in [4.69, 9.17) is 9.97 Å². The predicted molar refractivity (Wildman–Crippen MR) is 129 cm³/mol. The Labute approximate surface area is 188 Å². The third-order valence-electron chi connectivity index (χ3n) is 6.24. The number of piperazine rings is 1. The topological polar surface area (TPSA) is 73.6 Å². The molecule has 0 aliphatic carbocycles. The second kappa shape index (κ2) is 9.10. The second-order valence-corrected chi connectivity index (χ2v) is 8.52. The Hall–Kier alpha value is -3.23. The first-order chi connectivity index (χ1) is 15.7. The number of nitrogens with one attached hydrogen (secondary N) is 2. The molecule has 1 fully saturated rings. The number of anilines is 2. The van der Waals surface area contributed by atoms with Crippen molar-refractivity contribution in [1.82, 2.24) is 29.2 Å². The van der Waals surface area contributed by atoms with Crippen LogP contribution >= 0.6 is 0 Å². The average Bonchev–Trinajstić information content (AvgIpc) is 3.31. The average molecular weight is 431 g/mol. The van der Waals surface area contributed by atoms with Gasteiger partial charge >= 0.3 is 0 Å². The van der Waals surface area contributed by atoms with Crippen LogP contribution in [-0.4, -0.2) is 75.0 Å². The normalized spacial score (nSPS) is 16.4. The molecule has 0 bridgehead atoms. The van der Waals surface area contributed by atoms with Gasteiger partial charge < -0.3 is 19.9 Å². The van der Waals surface area contributed by atoms with Gasteiger partial charge in [0.05, 0.1) is 11.0 Å². The smallest absolute Gasteiger partial charge is 0.170 e. The van der Waals surface area contributed by atoms with Gasteiger partial charge in [0.25, 0.3) is 0 Å². The van der Waals surface area contributed by atoms with Crippen molar-refractivity contribution in [3.05, 3.63) is 60.6 Å². The highest BCUT2D eigenvalue weighted by Crippen LogP contribution is 2.23. The zero-order valence-electron chi connectivity index (χ0n) is 18.7. The molecule has 8 heteroatoms. The molecule has 2 N–H and O–H groups in total. The van der Waals surface area contributed by atoms with E-state index >= 15 is 0 Å². The molecular weight excluding hydrogens is 400 g/mol. The first-order valence-corrected chi connectivity index (χ1v) is 11.2. The summed E-state index contributed by atoms with van der Waals surface area (Å²) in [7, 11) is 2.19. The lowest BCUT2D eigenvalue weighted by Crippen LogP contribution is -2.49. The molecule has 0 spiro atoms. The summed E-state index contributed by atoms with van der Waals surface area (Å²) in [6.45, 7) is 8.15. The Bertz CT molecular complexity index is 1200. The molecule has 5 rings (SSSR count). The number of hydrogen-bond acceptors (Lipinski definition) is 7. The van der Waals surface area contributed by atoms with Crippen LogP contribution in [0.25, 0.3) is 16.7 Å². The highest BCUT2D eigenvalue weighted by atomic mass is 15.3. The molecule has 0 amide bonds. The van der Waals surface area contributed by atoms with Gasteiger partial charge in [-0.3, -0.25) is 4.90 Å². The summed E-state index contributed by atoms with van der Waals surface area (Å²) in [4.78, 5) is 19.2. The van der Waals surface area contributed by atoms with Gasteiger partial charge in [-0.2, -0.15) is 0 Å². The Morgan fingerprint density at radius 1 is 0.906 bits per heavy atom. The number of pyridine rings is 1. The van der Waals surface area contributed by atoms with E-state index in [2.05, 4.69) is 45.5 Å². The van der Waals surface area contributed by atoms with Crippen LogP contribution in [0.5, 0.6) is 0 Å². The van der Waals surface area contributed by atoms with E-state index in [1.54, 1.807) is 0 Å². The molecule has 32 heavy (non-hydrogen) atoms. The summed E-state index contributed by atoms with van der Waals surface area (Å²) in [6, 6.07) is 12.5. The Balaban J connectivity index is 1.35. The number of fused-ring (bicyclic) bond motifs is 2. The number of nitrogens with zero attached hydrogens (tertiary/aromatic N) is 6. The Kier molecular flexibility index (Phi) is 5.87. The standard InChI is InChI=1S/C24H30N8/c1-18(31-14-12-30(2)13-15-31)16-26-22-23(29-21-8-4-3-7-20(21)28-22)27-17-19-6-5-10-32-11-9-25-24(19)32/h3-11,18H,12-17H2,1-2H3,(H,26,28)(H,27,29). The van der Waals surface area contributed by atoms with Crippen LogP contribution in [0.1, 0.15) is 12.5 Å². The quantitative estimate of drug-likeness (QED) is 0.467. The molecule has 3 aromatic heterocycles. The third kappa shape index (κ3) is 4.37. The maximum atomic E-state index is 4.89. The number of hydrogen-bond donors (Lipinski definition) is 2. The number of benzene rings is 1. The largest absolute Gasteiger partial charge is 0.365 e. The maximum Gasteiger partial charge on any atom is 0.170 e. The van der Waals surface area contributed by atoms with Gasteiger partial charge in [0.2, 0.25) is 0 Å². The van der Waals surface area contributed by atoms with E-state index in [-0.39, 0.29) is 0 Å². The molecule has 1 aliphatic heterocycles. The van der Waals surface area contributed by atoms with Gasteiger partial charge in [-0.15, -0.1) is 0 Å². The summed E-state index contributed by atoms with van der Waals surface area (Å²) in [6.07, 6.45) is 5.79. The van der Waals surface area contributed by atoms with Crippen molar-refractivity contribution >= 4 is 28.3 Å². The van der Waals surface area contributed by atoms with Gasteiger partial charge in [-0.05, 0) is 32.2 Å². The molecule has 166 valence electrons. The summed E-state index contributed by atoms with van der Waals surface area (Å²) < 4.78 is 2.03. The van der Waals surface area contributed by atoms with Crippen LogP contribution in [0.15, 0.2) is 55.0 Å². The highest BCUT2D eigenvalue weighted by molar-refractivity contribution is 5.80. The molecule has 1 saturated heterocycles. The van der Waals surface area contributed by atoms with Crippen molar-refractivity contribution in [2.24, 2.45) is 0 Å². The molecule has 1 aliphatic rings. The number of para-hydroxylation sites is 2. The molecular formula is C24H30N8. The van der Waals surface area contributed by atoms with Crippen LogP contribution in [0, 0.1) is 0 Å². The Morgan fingerprint density at radius 3 is 2.38 bits per heavy atom. The molecule has 0 radical (unpaired) electrons. The SMILES string of the molecule is CC(CNc1nc2ccccc2nc1NCc1cccn2ccnc12)N1CCN(C)CC1. The molecule has 4 aromatic rings. The Morgan fingerprint density at radius 2 is 1.62 bits per heavy atom. The van der Waals surface area contributed by atoms with Gasteiger partial charge in [0.15, 0.2) is 11.6 Å². The van der Waals surface area contributed by atoms with Crippen molar-refractivity contribution in [2.75, 3.05) is 50.4 Å². The molecule has 1 unspecified atom stereocenters. The summed E-state index contributed by atoms with van der Waals surface area (Å²) >= 11 is 0. The van der Waals surface area contributed by atoms with Crippen molar-refractivity contribution in [3.63, 3.8) is 0 Å². The minimum absolute atomic E-state index is 0.420. The molecule has 4 heterocycles. The van der Waals surface area contributed by atoms with Crippen molar-refractivity contribution in [2.45, 2.75) is 19.5 Å². The predicted octanol–water partition coefficient (Wildman–Crippen LogP) is 2.94. The van der Waals surface area contributed by atoms with E-state index in [1.165, 1.54) is 0 Å². The monoisotopic (exact) mass is 430 g/mol. The van der Waals surface area contributed by atoms with E-state index in [1.807, 2.05) is 53.3 Å². The van der Waals surface area contributed by atoms with Gasteiger partial charge in [0, 0.05) is 69.5 Å². The first-order valence-electron chi connectivity index (χ1n) is 11.2. The fraction of sp³-hybridized carbons (Fsp3) is 0.375. The zero-order valence-corrected chi connectivity index (χ0v) is 18.7. The van der Waals surface area contributed by atoms with Crippen LogP contribution in [0.2, 0.25) is 0 Å². The van der Waals surface area contributed by atoms with E-state index < -0.39 is 0 Å². The molecule has 1 aromatic carbocycles. The lowest BCUT2D eigenvalue weighted by Gasteiger charge is -2.36. The fourth-order valence-corrected chi connectivity index (χ4v) is 4.21. The second-order valence-electron chi connectivity index (χ2n) is 8.52. The minimum atomic E-state index is 0.420. The summed E-state index contributed by atoms with van der Waals surface area (Å²) in [5, 5.41) is 7.07.